The summed E-state index contributed by atoms with van der Waals surface area (Å²) < 4.78 is 38.9. The Morgan fingerprint density at radius 2 is 1.74 bits per heavy atom. The van der Waals surface area contributed by atoms with Gasteiger partial charge in [-0.25, -0.2) is 0 Å². The molecule has 1 fully saturated rings. The van der Waals surface area contributed by atoms with Gasteiger partial charge in [0.1, 0.15) is 6.54 Å². The number of nitrogens with zero attached hydrogens (tertiary/aromatic N) is 2. The second-order valence-electron chi connectivity index (χ2n) is 7.18. The van der Waals surface area contributed by atoms with Crippen LogP contribution >= 0.6 is 0 Å². The molecule has 2 heterocycles. The minimum absolute atomic E-state index is 0.0225. The van der Waals surface area contributed by atoms with E-state index in [0.29, 0.717) is 5.69 Å². The van der Waals surface area contributed by atoms with E-state index in [1.807, 2.05) is 0 Å². The van der Waals surface area contributed by atoms with E-state index in [0.717, 1.165) is 50.9 Å². The van der Waals surface area contributed by atoms with E-state index >= 15 is 0 Å². The van der Waals surface area contributed by atoms with E-state index in [1.54, 1.807) is 6.92 Å². The van der Waals surface area contributed by atoms with Crippen LogP contribution in [0.3, 0.4) is 0 Å². The minimum atomic E-state index is -4.51. The summed E-state index contributed by atoms with van der Waals surface area (Å²) in [4.78, 5) is 28.5. The Morgan fingerprint density at radius 3 is 2.37 bits per heavy atom. The number of benzene rings is 1. The third-order valence-electron chi connectivity index (χ3n) is 5.25. The predicted octanol–water partition coefficient (Wildman–Crippen LogP) is 3.65. The number of nitrogens with one attached hydrogen (secondary N) is 1. The van der Waals surface area contributed by atoms with Gasteiger partial charge in [-0.3, -0.25) is 19.4 Å². The fourth-order valence-electron chi connectivity index (χ4n) is 3.70. The second-order valence-corrected chi connectivity index (χ2v) is 7.18. The molecule has 5 nitrogen and oxygen atoms in total. The molecule has 2 amide bonds. The summed E-state index contributed by atoms with van der Waals surface area (Å²) in [5.41, 5.74) is -0.520. The molecule has 1 saturated heterocycles. The van der Waals surface area contributed by atoms with Crippen molar-refractivity contribution in [3.8, 4) is 0 Å². The quantitative estimate of drug-likeness (QED) is 0.848. The van der Waals surface area contributed by atoms with E-state index in [9.17, 15) is 22.8 Å². The highest BCUT2D eigenvalue weighted by Gasteiger charge is 2.35. The Bertz CT molecular complexity index is 713. The number of carbonyl (C=O) groups is 2. The normalized spacial score (nSPS) is 20.3. The fraction of sp³-hybridized carbons (Fsp3) is 0.579. The highest BCUT2D eigenvalue weighted by Crippen LogP contribution is 2.37. The van der Waals surface area contributed by atoms with Crippen molar-refractivity contribution >= 4 is 23.2 Å². The van der Waals surface area contributed by atoms with Crippen LogP contribution in [-0.2, 0) is 15.8 Å². The average Bonchev–Trinajstić information content (AvgIpc) is 2.58. The molecule has 1 unspecified atom stereocenters. The maximum atomic E-state index is 13.1. The van der Waals surface area contributed by atoms with E-state index in [4.69, 9.17) is 0 Å². The van der Waals surface area contributed by atoms with Gasteiger partial charge in [-0.1, -0.05) is 19.3 Å². The Hall–Kier alpha value is -2.09. The van der Waals surface area contributed by atoms with Gasteiger partial charge in [0.15, 0.2) is 0 Å². The van der Waals surface area contributed by atoms with Crippen molar-refractivity contribution in [1.82, 2.24) is 4.90 Å². The highest BCUT2D eigenvalue weighted by molar-refractivity contribution is 6.11. The molecule has 0 aliphatic carbocycles. The Labute approximate surface area is 156 Å². The lowest BCUT2D eigenvalue weighted by atomic mass is 10.1. The monoisotopic (exact) mass is 383 g/mol. The van der Waals surface area contributed by atoms with E-state index in [1.165, 1.54) is 17.4 Å². The summed E-state index contributed by atoms with van der Waals surface area (Å²) in [5, 5.41) is 2.45. The lowest BCUT2D eigenvalue weighted by molar-refractivity contribution is -0.137. The van der Waals surface area contributed by atoms with Crippen molar-refractivity contribution in [2.24, 2.45) is 0 Å². The number of fused-ring (bicyclic) bond motifs is 1. The highest BCUT2D eigenvalue weighted by atomic mass is 19.4. The smallest absolute Gasteiger partial charge is 0.323 e. The molecular formula is C19H24F3N3O2. The van der Waals surface area contributed by atoms with Gasteiger partial charge in [0.05, 0.1) is 23.0 Å². The molecule has 0 aromatic heterocycles. The van der Waals surface area contributed by atoms with Crippen LogP contribution in [0.5, 0.6) is 0 Å². The maximum absolute atomic E-state index is 13.1. The van der Waals surface area contributed by atoms with Gasteiger partial charge in [0, 0.05) is 0 Å². The van der Waals surface area contributed by atoms with Gasteiger partial charge in [0.2, 0.25) is 11.8 Å². The number of anilines is 2. The Kier molecular flexibility index (Phi) is 5.74. The van der Waals surface area contributed by atoms with Crippen molar-refractivity contribution < 1.29 is 22.8 Å². The molecule has 0 radical (unpaired) electrons. The second kappa shape index (κ2) is 7.88. The predicted molar refractivity (Wildman–Crippen MR) is 96.5 cm³/mol. The molecule has 1 aromatic carbocycles. The molecule has 1 N–H and O–H groups in total. The summed E-state index contributed by atoms with van der Waals surface area (Å²) in [6.07, 6.45) is 0.994. The topological polar surface area (TPSA) is 52.7 Å². The SMILES string of the molecule is CC(C(=O)N1CC(=O)Nc2cc(C(F)(F)F)ccc21)N1CCCCCCC1. The van der Waals surface area contributed by atoms with Gasteiger partial charge in [-0.15, -0.1) is 0 Å². The standard InChI is InChI=1S/C19H24F3N3O2/c1-13(24-9-5-3-2-4-6-10-24)18(27)25-12-17(26)23-15-11-14(19(20,21)22)7-8-16(15)25/h7-8,11,13H,2-6,9-10,12H2,1H3,(H,23,26). The lowest BCUT2D eigenvalue weighted by Gasteiger charge is -2.36. The summed E-state index contributed by atoms with van der Waals surface area (Å²) in [5.74, 6) is -0.749. The Balaban J connectivity index is 1.84. The van der Waals surface area contributed by atoms with Crippen molar-refractivity contribution in [2.45, 2.75) is 51.2 Å². The third-order valence-corrected chi connectivity index (χ3v) is 5.25. The number of alkyl halides is 3. The first-order valence-corrected chi connectivity index (χ1v) is 9.34. The van der Waals surface area contributed by atoms with Crippen molar-refractivity contribution in [3.63, 3.8) is 0 Å². The number of halogens is 3. The summed E-state index contributed by atoms with van der Waals surface area (Å²) in [6, 6.07) is 2.66. The lowest BCUT2D eigenvalue weighted by Crippen LogP contribution is -2.51. The first-order chi connectivity index (χ1) is 12.8. The van der Waals surface area contributed by atoms with Gasteiger partial charge in [-0.05, 0) is 51.1 Å². The van der Waals surface area contributed by atoms with Crippen LogP contribution in [-0.4, -0.2) is 42.4 Å². The Morgan fingerprint density at radius 1 is 1.11 bits per heavy atom. The number of carbonyl (C=O) groups excluding carboxylic acids is 2. The van der Waals surface area contributed by atoms with E-state index in [-0.39, 0.29) is 18.1 Å². The van der Waals surface area contributed by atoms with Gasteiger partial charge >= 0.3 is 6.18 Å². The van der Waals surface area contributed by atoms with Crippen molar-refractivity contribution in [3.05, 3.63) is 23.8 Å². The van der Waals surface area contributed by atoms with Crippen molar-refractivity contribution in [1.29, 1.82) is 0 Å². The summed E-state index contributed by atoms with van der Waals surface area (Å²) in [6.45, 7) is 3.25. The largest absolute Gasteiger partial charge is 0.416 e. The van der Waals surface area contributed by atoms with Gasteiger partial charge < -0.3 is 5.32 Å². The first-order valence-electron chi connectivity index (χ1n) is 9.34. The van der Waals surface area contributed by atoms with E-state index in [2.05, 4.69) is 10.2 Å². The molecule has 2 aliphatic heterocycles. The zero-order valence-electron chi connectivity index (χ0n) is 15.3. The fourth-order valence-corrected chi connectivity index (χ4v) is 3.70. The molecule has 27 heavy (non-hydrogen) atoms. The zero-order chi connectivity index (χ0) is 19.6. The molecule has 0 saturated carbocycles. The number of hydrogen-bond donors (Lipinski definition) is 1. The third kappa shape index (κ3) is 4.43. The van der Waals surface area contributed by atoms with Gasteiger partial charge in [0.25, 0.3) is 0 Å². The van der Waals surface area contributed by atoms with Crippen LogP contribution in [0, 0.1) is 0 Å². The molecule has 2 aliphatic rings. The molecule has 1 aromatic rings. The van der Waals surface area contributed by atoms with Crippen LogP contribution in [0.4, 0.5) is 24.5 Å². The number of amides is 2. The number of likely N-dealkylation sites (tertiary alicyclic amines) is 1. The molecule has 0 spiro atoms. The molecule has 8 heteroatoms. The van der Waals surface area contributed by atoms with Crippen LogP contribution in [0.25, 0.3) is 0 Å². The van der Waals surface area contributed by atoms with Crippen LogP contribution in [0.15, 0.2) is 18.2 Å². The van der Waals surface area contributed by atoms with Crippen LogP contribution < -0.4 is 10.2 Å². The molecular weight excluding hydrogens is 359 g/mol. The molecule has 3 rings (SSSR count). The van der Waals surface area contributed by atoms with E-state index < -0.39 is 23.7 Å². The van der Waals surface area contributed by atoms with Gasteiger partial charge in [-0.2, -0.15) is 13.2 Å². The van der Waals surface area contributed by atoms with Crippen LogP contribution in [0.2, 0.25) is 0 Å². The molecule has 1 atom stereocenters. The number of hydrogen-bond acceptors (Lipinski definition) is 3. The zero-order valence-corrected chi connectivity index (χ0v) is 15.3. The maximum Gasteiger partial charge on any atom is 0.416 e. The number of rotatable bonds is 2. The molecule has 0 bridgehead atoms. The summed E-state index contributed by atoms with van der Waals surface area (Å²) in [7, 11) is 0. The minimum Gasteiger partial charge on any atom is -0.323 e. The van der Waals surface area contributed by atoms with Crippen LogP contribution in [0.1, 0.15) is 44.6 Å². The summed E-state index contributed by atoms with van der Waals surface area (Å²) >= 11 is 0. The van der Waals surface area contributed by atoms with Crippen molar-refractivity contribution in [2.75, 3.05) is 29.9 Å². The first kappa shape index (κ1) is 19.7. The average molecular weight is 383 g/mol. The molecule has 148 valence electrons.